The number of hydrogen-bond acceptors (Lipinski definition) is 5. The highest BCUT2D eigenvalue weighted by Crippen LogP contribution is 2.49. The van der Waals surface area contributed by atoms with Gasteiger partial charge in [0.25, 0.3) is 0 Å². The number of nitrogens with zero attached hydrogens (tertiary/aromatic N) is 1. The highest BCUT2D eigenvalue weighted by Gasteiger charge is 2.45. The number of nitriles is 1. The maximum Gasteiger partial charge on any atom is 0.217 e. The first-order chi connectivity index (χ1) is 15.9. The quantitative estimate of drug-likeness (QED) is 0.575. The van der Waals surface area contributed by atoms with E-state index in [2.05, 4.69) is 41.8 Å². The van der Waals surface area contributed by atoms with Gasteiger partial charge in [0.1, 0.15) is 11.4 Å². The Bertz CT molecular complexity index is 1040. The lowest BCUT2D eigenvalue weighted by atomic mass is 9.72. The zero-order valence-electron chi connectivity index (χ0n) is 19.4. The number of ether oxygens (including phenoxy) is 1. The van der Waals surface area contributed by atoms with Crippen LogP contribution in [0.5, 0.6) is 5.75 Å². The van der Waals surface area contributed by atoms with E-state index in [1.165, 1.54) is 18.9 Å². The summed E-state index contributed by atoms with van der Waals surface area (Å²) in [7, 11) is 0. The first-order valence-electron chi connectivity index (χ1n) is 11.9. The van der Waals surface area contributed by atoms with Gasteiger partial charge in [0.05, 0.1) is 23.8 Å². The number of amides is 1. The molecule has 0 bridgehead atoms. The molecule has 1 amide bonds. The third-order valence-corrected chi connectivity index (χ3v) is 6.96. The molecule has 2 aliphatic rings. The van der Waals surface area contributed by atoms with Gasteiger partial charge in [-0.3, -0.25) is 4.79 Å². The van der Waals surface area contributed by atoms with Crippen LogP contribution in [-0.2, 0) is 17.6 Å². The van der Waals surface area contributed by atoms with Gasteiger partial charge >= 0.3 is 0 Å². The fraction of sp³-hybridized carbons (Fsp3) is 0.481. The van der Waals surface area contributed by atoms with Gasteiger partial charge in [-0.15, -0.1) is 0 Å². The van der Waals surface area contributed by atoms with Crippen LogP contribution >= 0.6 is 0 Å². The van der Waals surface area contributed by atoms with Crippen LogP contribution in [0.4, 0.5) is 0 Å². The molecule has 1 aliphatic heterocycles. The first kappa shape index (κ1) is 23.3. The van der Waals surface area contributed by atoms with E-state index in [4.69, 9.17) is 4.74 Å². The maximum absolute atomic E-state index is 11.8. The topological polar surface area (TPSA) is 94.4 Å². The lowest BCUT2D eigenvalue weighted by Gasteiger charge is -2.48. The summed E-state index contributed by atoms with van der Waals surface area (Å²) in [5.74, 6) is 0.754. The minimum absolute atomic E-state index is 0.0927. The summed E-state index contributed by atoms with van der Waals surface area (Å²) < 4.78 is 6.41. The molecule has 0 aromatic heterocycles. The SMILES string of the molecule is CCc1ccc2c(c1)[C@@H](NC[C@H](O)[C@H](Cc1cccc(C#N)c1)NC(C)=O)CC1(CCC1)O2. The number of rotatable bonds is 8. The van der Waals surface area contributed by atoms with Crippen molar-refractivity contribution in [1.29, 1.82) is 5.26 Å². The van der Waals surface area contributed by atoms with Crippen LogP contribution in [0.15, 0.2) is 42.5 Å². The Kier molecular flexibility index (Phi) is 7.02. The van der Waals surface area contributed by atoms with E-state index in [1.807, 2.05) is 12.1 Å². The molecule has 174 valence electrons. The van der Waals surface area contributed by atoms with Crippen molar-refractivity contribution in [1.82, 2.24) is 10.6 Å². The van der Waals surface area contributed by atoms with E-state index < -0.39 is 12.1 Å². The Morgan fingerprint density at radius 3 is 2.76 bits per heavy atom. The number of carbonyl (C=O) groups is 1. The van der Waals surface area contributed by atoms with Gasteiger partial charge in [-0.2, -0.15) is 5.26 Å². The molecule has 4 rings (SSSR count). The Morgan fingerprint density at radius 1 is 1.27 bits per heavy atom. The van der Waals surface area contributed by atoms with Crippen LogP contribution in [-0.4, -0.2) is 35.3 Å². The van der Waals surface area contributed by atoms with Crippen molar-refractivity contribution in [3.63, 3.8) is 0 Å². The molecule has 3 atom stereocenters. The van der Waals surface area contributed by atoms with Crippen molar-refractivity contribution >= 4 is 5.91 Å². The normalized spacial score (nSPS) is 20.0. The molecule has 0 saturated heterocycles. The molecule has 1 aliphatic carbocycles. The van der Waals surface area contributed by atoms with Crippen molar-refractivity contribution in [2.45, 2.75) is 76.2 Å². The summed E-state index contributed by atoms with van der Waals surface area (Å²) in [5, 5.41) is 26.7. The van der Waals surface area contributed by atoms with Crippen molar-refractivity contribution in [3.05, 3.63) is 64.7 Å². The van der Waals surface area contributed by atoms with Gasteiger partial charge in [-0.25, -0.2) is 0 Å². The molecule has 33 heavy (non-hydrogen) atoms. The summed E-state index contributed by atoms with van der Waals surface area (Å²) in [6.07, 6.45) is 4.82. The van der Waals surface area contributed by atoms with Crippen LogP contribution in [0.2, 0.25) is 0 Å². The molecule has 0 radical (unpaired) electrons. The molecule has 6 nitrogen and oxygen atoms in total. The molecular weight excluding hydrogens is 414 g/mol. The number of nitrogens with one attached hydrogen (secondary N) is 2. The number of hydrogen-bond donors (Lipinski definition) is 3. The van der Waals surface area contributed by atoms with Crippen molar-refractivity contribution in [2.24, 2.45) is 0 Å². The molecule has 2 aromatic carbocycles. The average molecular weight is 448 g/mol. The van der Waals surface area contributed by atoms with E-state index in [1.54, 1.807) is 12.1 Å². The zero-order valence-corrected chi connectivity index (χ0v) is 19.4. The number of aliphatic hydroxyl groups excluding tert-OH is 1. The largest absolute Gasteiger partial charge is 0.487 e. The van der Waals surface area contributed by atoms with Gasteiger partial charge in [0.2, 0.25) is 5.91 Å². The fourth-order valence-corrected chi connectivity index (χ4v) is 4.97. The van der Waals surface area contributed by atoms with Crippen molar-refractivity contribution < 1.29 is 14.6 Å². The van der Waals surface area contributed by atoms with E-state index >= 15 is 0 Å². The van der Waals surface area contributed by atoms with E-state index in [9.17, 15) is 15.2 Å². The number of fused-ring (bicyclic) bond motifs is 1. The van der Waals surface area contributed by atoms with Gasteiger partial charge in [-0.1, -0.05) is 31.2 Å². The van der Waals surface area contributed by atoms with Gasteiger partial charge in [0, 0.05) is 31.5 Å². The number of aliphatic hydroxyl groups is 1. The summed E-state index contributed by atoms with van der Waals surface area (Å²) in [5.41, 5.74) is 3.79. The summed E-state index contributed by atoms with van der Waals surface area (Å²) in [6, 6.07) is 15.5. The maximum atomic E-state index is 11.8. The number of carbonyl (C=O) groups excluding carboxylic acids is 1. The van der Waals surface area contributed by atoms with Gasteiger partial charge < -0.3 is 20.5 Å². The van der Waals surface area contributed by atoms with Crippen LogP contribution in [0, 0.1) is 11.3 Å². The standard InChI is InChI=1S/C27H33N3O3/c1-3-19-8-9-26-22(13-19)24(15-27(33-26)10-5-11-27)29-17-25(32)23(30-18(2)31)14-20-6-4-7-21(12-20)16-28/h4,6-9,12-13,23-25,29,32H,3,5,10-11,14-15,17H2,1-2H3,(H,30,31)/t23-,24-,25-/m0/s1. The van der Waals surface area contributed by atoms with Gasteiger partial charge in [-0.05, 0) is 61.4 Å². The highest BCUT2D eigenvalue weighted by molar-refractivity contribution is 5.73. The predicted molar refractivity (Wildman–Crippen MR) is 127 cm³/mol. The van der Waals surface area contributed by atoms with Crippen molar-refractivity contribution in [2.75, 3.05) is 6.54 Å². The second kappa shape index (κ2) is 9.94. The molecule has 1 saturated carbocycles. The third kappa shape index (κ3) is 5.38. The second-order valence-electron chi connectivity index (χ2n) is 9.42. The summed E-state index contributed by atoms with van der Waals surface area (Å²) >= 11 is 0. The fourth-order valence-electron chi connectivity index (χ4n) is 4.97. The number of benzene rings is 2. The molecule has 1 heterocycles. The molecule has 6 heteroatoms. The first-order valence-corrected chi connectivity index (χ1v) is 11.9. The lowest BCUT2D eigenvalue weighted by molar-refractivity contribution is -0.120. The average Bonchev–Trinajstić information content (AvgIpc) is 2.80. The van der Waals surface area contributed by atoms with Crippen LogP contribution < -0.4 is 15.4 Å². The Hall–Kier alpha value is -2.88. The highest BCUT2D eigenvalue weighted by atomic mass is 16.5. The molecule has 2 aromatic rings. The minimum atomic E-state index is -0.780. The van der Waals surface area contributed by atoms with E-state index in [0.717, 1.165) is 42.6 Å². The molecule has 1 spiro atoms. The second-order valence-corrected chi connectivity index (χ2v) is 9.42. The predicted octanol–water partition coefficient (Wildman–Crippen LogP) is 3.56. The number of aryl methyl sites for hydroxylation is 1. The molecule has 1 fully saturated rings. The van der Waals surface area contributed by atoms with Crippen LogP contribution in [0.1, 0.15) is 67.8 Å². The van der Waals surface area contributed by atoms with E-state index in [-0.39, 0.29) is 17.6 Å². The molecule has 0 unspecified atom stereocenters. The summed E-state index contributed by atoms with van der Waals surface area (Å²) in [6.45, 7) is 3.95. The Labute approximate surface area is 196 Å². The summed E-state index contributed by atoms with van der Waals surface area (Å²) in [4.78, 5) is 11.8. The van der Waals surface area contributed by atoms with Gasteiger partial charge in [0.15, 0.2) is 0 Å². The monoisotopic (exact) mass is 447 g/mol. The van der Waals surface area contributed by atoms with E-state index in [0.29, 0.717) is 18.5 Å². The Morgan fingerprint density at radius 2 is 2.09 bits per heavy atom. The van der Waals surface area contributed by atoms with Crippen LogP contribution in [0.3, 0.4) is 0 Å². The Balaban J connectivity index is 1.48. The third-order valence-electron chi connectivity index (χ3n) is 6.96. The molecule has 3 N–H and O–H groups in total. The van der Waals surface area contributed by atoms with Crippen LogP contribution in [0.25, 0.3) is 0 Å². The minimum Gasteiger partial charge on any atom is -0.487 e. The smallest absolute Gasteiger partial charge is 0.217 e. The van der Waals surface area contributed by atoms with Crippen molar-refractivity contribution in [3.8, 4) is 11.8 Å². The lowest BCUT2D eigenvalue weighted by Crippen LogP contribution is -2.52. The zero-order chi connectivity index (χ0) is 23.4. The molecular formula is C27H33N3O3.